The molecule has 1 aromatic carbocycles. The van der Waals surface area contributed by atoms with Gasteiger partial charge < -0.3 is 24.3 Å². The number of nitrogens with zero attached hydrogens (tertiary/aromatic N) is 2. The molecule has 0 aliphatic carbocycles. The lowest BCUT2D eigenvalue weighted by molar-refractivity contribution is -0.0179. The molecule has 1 saturated heterocycles. The van der Waals surface area contributed by atoms with Gasteiger partial charge in [0.1, 0.15) is 22.2 Å². The van der Waals surface area contributed by atoms with E-state index in [0.29, 0.717) is 19.6 Å². The summed E-state index contributed by atoms with van der Waals surface area (Å²) in [6, 6.07) is 1.83. The number of carbonyl (C=O) groups is 2. The average Bonchev–Trinajstić information content (AvgIpc) is 3.34. The van der Waals surface area contributed by atoms with Crippen LogP contribution in [-0.4, -0.2) is 47.8 Å². The maximum absolute atomic E-state index is 14.2. The van der Waals surface area contributed by atoms with Crippen LogP contribution in [0.25, 0.3) is 0 Å². The minimum atomic E-state index is -0.994. The fourth-order valence-corrected chi connectivity index (χ4v) is 4.77. The van der Waals surface area contributed by atoms with Gasteiger partial charge in [-0.3, -0.25) is 14.4 Å². The van der Waals surface area contributed by atoms with E-state index in [1.165, 1.54) is 13.3 Å². The third-order valence-electron chi connectivity index (χ3n) is 6.38. The van der Waals surface area contributed by atoms with Crippen molar-refractivity contribution in [2.45, 2.75) is 51.4 Å². The number of carbonyl (C=O) groups excluding carboxylic acids is 2. The van der Waals surface area contributed by atoms with Crippen molar-refractivity contribution < 1.29 is 27.8 Å². The summed E-state index contributed by atoms with van der Waals surface area (Å²) >= 11 is 5.61. The van der Waals surface area contributed by atoms with E-state index in [2.05, 4.69) is 12.2 Å². The molecule has 35 heavy (non-hydrogen) atoms. The number of hydrogen-bond acceptors (Lipinski definition) is 5. The van der Waals surface area contributed by atoms with Gasteiger partial charge in [-0.2, -0.15) is 0 Å². The SMILES string of the molecule is CCCCC[C@H]1[C@@H]2OCCN2C(=O)c2c(OC)c(=O)c(C(=O)NCc3ccc(F)c(Cl)c3F)cn21. The van der Waals surface area contributed by atoms with Crippen LogP contribution in [0.15, 0.2) is 23.1 Å². The largest absolute Gasteiger partial charge is 0.491 e. The molecular formula is C24H26ClF2N3O5. The molecule has 0 saturated carbocycles. The standard InChI is InChI=1S/C24H26ClF2N3O5/c1-3-4-5-6-16-24-29(9-10-35-24)23(33)19-21(34-2)20(31)14(12-30(16)19)22(32)28-11-13-7-8-15(26)17(25)18(13)27/h7-8,12,16,24H,3-6,9-11H2,1-2H3,(H,28,32)/t16-,24-/m0/s1. The van der Waals surface area contributed by atoms with Gasteiger partial charge in [0.15, 0.2) is 17.7 Å². The summed E-state index contributed by atoms with van der Waals surface area (Å²) in [5.41, 5.74) is -0.988. The summed E-state index contributed by atoms with van der Waals surface area (Å²) in [5, 5.41) is 1.79. The van der Waals surface area contributed by atoms with Gasteiger partial charge in [0.05, 0.1) is 19.8 Å². The van der Waals surface area contributed by atoms with Gasteiger partial charge in [-0.15, -0.1) is 0 Å². The van der Waals surface area contributed by atoms with Crippen LogP contribution in [0.2, 0.25) is 5.02 Å². The molecule has 0 bridgehead atoms. The number of amides is 2. The number of hydrogen-bond donors (Lipinski definition) is 1. The Bertz CT molecular complexity index is 1220. The second-order valence-corrected chi connectivity index (χ2v) is 8.88. The van der Waals surface area contributed by atoms with Crippen molar-refractivity contribution >= 4 is 23.4 Å². The van der Waals surface area contributed by atoms with Crippen molar-refractivity contribution in [2.24, 2.45) is 0 Å². The predicted molar refractivity (Wildman–Crippen MR) is 124 cm³/mol. The number of methoxy groups -OCH3 is 1. The molecule has 2 amide bonds. The molecule has 1 N–H and O–H groups in total. The molecule has 3 heterocycles. The number of nitrogens with one attached hydrogen (secondary N) is 1. The highest BCUT2D eigenvalue weighted by Gasteiger charge is 2.45. The highest BCUT2D eigenvalue weighted by Crippen LogP contribution is 2.37. The normalized spacial score (nSPS) is 18.9. The van der Waals surface area contributed by atoms with Gasteiger partial charge in [0, 0.05) is 24.8 Å². The minimum absolute atomic E-state index is 0.0441. The Labute approximate surface area is 205 Å². The Morgan fingerprint density at radius 3 is 2.77 bits per heavy atom. The van der Waals surface area contributed by atoms with Crippen LogP contribution in [0.1, 0.15) is 65.1 Å². The van der Waals surface area contributed by atoms with Crippen LogP contribution in [0.5, 0.6) is 5.75 Å². The van der Waals surface area contributed by atoms with Crippen LogP contribution in [-0.2, 0) is 11.3 Å². The lowest BCUT2D eigenvalue weighted by atomic mass is 10.0. The topological polar surface area (TPSA) is 89.9 Å². The Hall–Kier alpha value is -2.98. The summed E-state index contributed by atoms with van der Waals surface area (Å²) in [6.07, 6.45) is 4.34. The summed E-state index contributed by atoms with van der Waals surface area (Å²) in [5.74, 6) is -3.34. The molecule has 0 spiro atoms. The molecular weight excluding hydrogens is 484 g/mol. The molecule has 2 atom stereocenters. The first-order chi connectivity index (χ1) is 16.8. The van der Waals surface area contributed by atoms with E-state index < -0.39 is 40.1 Å². The van der Waals surface area contributed by atoms with Gasteiger partial charge in [-0.05, 0) is 12.5 Å². The monoisotopic (exact) mass is 509 g/mol. The number of aromatic nitrogens is 1. The van der Waals surface area contributed by atoms with Crippen molar-refractivity contribution in [3.63, 3.8) is 0 Å². The maximum atomic E-state index is 14.2. The summed E-state index contributed by atoms with van der Waals surface area (Å²) in [4.78, 5) is 41.0. The van der Waals surface area contributed by atoms with E-state index in [0.717, 1.165) is 31.4 Å². The lowest BCUT2D eigenvalue weighted by Gasteiger charge is -2.39. The maximum Gasteiger partial charge on any atom is 0.276 e. The number of benzene rings is 1. The number of unbranched alkanes of at least 4 members (excludes halogenated alkanes) is 2. The predicted octanol–water partition coefficient (Wildman–Crippen LogP) is 3.65. The second kappa shape index (κ2) is 10.3. The van der Waals surface area contributed by atoms with Gasteiger partial charge >= 0.3 is 0 Å². The zero-order valence-electron chi connectivity index (χ0n) is 19.4. The lowest BCUT2D eigenvalue weighted by Crippen LogP contribution is -2.49. The van der Waals surface area contributed by atoms with Crippen LogP contribution in [0.4, 0.5) is 8.78 Å². The number of rotatable bonds is 8. The van der Waals surface area contributed by atoms with Crippen molar-refractivity contribution in [3.8, 4) is 5.75 Å². The Morgan fingerprint density at radius 2 is 2.06 bits per heavy atom. The molecule has 1 fully saturated rings. The van der Waals surface area contributed by atoms with Crippen LogP contribution in [0, 0.1) is 11.6 Å². The summed E-state index contributed by atoms with van der Waals surface area (Å²) in [6.45, 7) is 2.53. The molecule has 1 aromatic heterocycles. The van der Waals surface area contributed by atoms with Gasteiger partial charge in [0.25, 0.3) is 11.8 Å². The summed E-state index contributed by atoms with van der Waals surface area (Å²) < 4.78 is 40.4. The molecule has 0 unspecified atom stereocenters. The first-order valence-electron chi connectivity index (χ1n) is 11.5. The van der Waals surface area contributed by atoms with Gasteiger partial charge in [0.2, 0.25) is 5.43 Å². The molecule has 8 nitrogen and oxygen atoms in total. The molecule has 4 rings (SSSR count). The van der Waals surface area contributed by atoms with E-state index in [9.17, 15) is 23.2 Å². The van der Waals surface area contributed by atoms with E-state index in [4.69, 9.17) is 21.1 Å². The Kier molecular flexibility index (Phi) is 7.42. The zero-order chi connectivity index (χ0) is 25.3. The van der Waals surface area contributed by atoms with E-state index >= 15 is 0 Å². The molecule has 2 aromatic rings. The van der Waals surface area contributed by atoms with Gasteiger partial charge in [-0.25, -0.2) is 8.78 Å². The molecule has 0 radical (unpaired) electrons. The third kappa shape index (κ3) is 4.52. The Morgan fingerprint density at radius 1 is 1.29 bits per heavy atom. The molecule has 2 aliphatic heterocycles. The van der Waals surface area contributed by atoms with Crippen LogP contribution >= 0.6 is 11.6 Å². The van der Waals surface area contributed by atoms with Gasteiger partial charge in [-0.1, -0.05) is 43.9 Å². The first-order valence-corrected chi connectivity index (χ1v) is 11.8. The number of halogens is 3. The fraction of sp³-hybridized carbons (Fsp3) is 0.458. The van der Waals surface area contributed by atoms with Crippen LogP contribution < -0.4 is 15.5 Å². The van der Waals surface area contributed by atoms with Crippen molar-refractivity contribution in [2.75, 3.05) is 20.3 Å². The number of fused-ring (bicyclic) bond motifs is 2. The number of ether oxygens (including phenoxy) is 2. The highest BCUT2D eigenvalue weighted by atomic mass is 35.5. The van der Waals surface area contributed by atoms with E-state index in [1.807, 2.05) is 0 Å². The highest BCUT2D eigenvalue weighted by molar-refractivity contribution is 6.30. The first kappa shape index (κ1) is 25.1. The smallest absolute Gasteiger partial charge is 0.276 e. The molecule has 11 heteroatoms. The Balaban J connectivity index is 1.71. The van der Waals surface area contributed by atoms with E-state index in [1.54, 1.807) is 9.47 Å². The third-order valence-corrected chi connectivity index (χ3v) is 6.72. The summed E-state index contributed by atoms with van der Waals surface area (Å²) in [7, 11) is 1.26. The second-order valence-electron chi connectivity index (χ2n) is 8.50. The molecule has 2 aliphatic rings. The minimum Gasteiger partial charge on any atom is -0.491 e. The van der Waals surface area contributed by atoms with Crippen molar-refractivity contribution in [1.82, 2.24) is 14.8 Å². The number of pyridine rings is 1. The van der Waals surface area contributed by atoms with E-state index in [-0.39, 0.29) is 35.2 Å². The van der Waals surface area contributed by atoms with Crippen molar-refractivity contribution in [1.29, 1.82) is 0 Å². The van der Waals surface area contributed by atoms with Crippen LogP contribution in [0.3, 0.4) is 0 Å². The molecule has 188 valence electrons. The fourth-order valence-electron chi connectivity index (χ4n) is 4.59. The average molecular weight is 510 g/mol. The van der Waals surface area contributed by atoms with Crippen molar-refractivity contribution in [3.05, 3.63) is 62.0 Å². The zero-order valence-corrected chi connectivity index (χ0v) is 20.2. The quantitative estimate of drug-likeness (QED) is 0.433.